The minimum atomic E-state index is -0.429. The van der Waals surface area contributed by atoms with Crippen molar-refractivity contribution in [1.29, 1.82) is 0 Å². The van der Waals surface area contributed by atoms with Gasteiger partial charge in [-0.3, -0.25) is 19.7 Å². The number of para-hydroxylation sites is 2. The van der Waals surface area contributed by atoms with Gasteiger partial charge in [0.2, 0.25) is 0 Å². The third-order valence-electron chi connectivity index (χ3n) is 6.25. The molecule has 0 aliphatic carbocycles. The third kappa shape index (κ3) is 4.35. The first-order valence-corrected chi connectivity index (χ1v) is 12.1. The minimum Gasteiger partial charge on any atom is -0.466 e. The monoisotopic (exact) mass is 489 g/mol. The zero-order valence-corrected chi connectivity index (χ0v) is 19.7. The molecule has 178 valence electrons. The number of rotatable bonds is 9. The van der Waals surface area contributed by atoms with E-state index in [1.807, 2.05) is 42.5 Å². The fourth-order valence-electron chi connectivity index (χ4n) is 4.57. The number of hydrogen-bond acceptors (Lipinski definition) is 4. The van der Waals surface area contributed by atoms with Crippen molar-refractivity contribution in [2.24, 2.45) is 0 Å². The van der Waals surface area contributed by atoms with Crippen LogP contribution in [0.3, 0.4) is 0 Å². The van der Waals surface area contributed by atoms with E-state index < -0.39 is 11.8 Å². The highest BCUT2D eigenvalue weighted by atomic mass is 35.5. The van der Waals surface area contributed by atoms with Gasteiger partial charge in [0.15, 0.2) is 0 Å². The number of aromatic nitrogens is 2. The van der Waals surface area contributed by atoms with Gasteiger partial charge < -0.3 is 14.7 Å². The lowest BCUT2D eigenvalue weighted by Crippen LogP contribution is -2.22. The van der Waals surface area contributed by atoms with Crippen LogP contribution in [0.2, 0.25) is 0 Å². The average Bonchev–Trinajstić information content (AvgIpc) is 3.55. The minimum absolute atomic E-state index is 0.247. The molecule has 3 N–H and O–H groups in total. The number of aryl methyl sites for hydroxylation is 1. The Balaban J connectivity index is 1.48. The lowest BCUT2D eigenvalue weighted by atomic mass is 9.95. The Morgan fingerprint density at radius 3 is 2.37 bits per heavy atom. The standard InChI is InChI=1S/C27H24ClN3O4/c28-12-3-4-13-35-22(32)11-10-16-6-5-8-18-20(15-30-25(16)18)24-23(26(33)31-27(24)34)19-14-29-21-9-2-1-7-17(19)21/h1-2,5-9,14-15,29-30H,3-4,10-13H2,(H,31,33,34). The lowest BCUT2D eigenvalue weighted by molar-refractivity contribution is -0.143. The van der Waals surface area contributed by atoms with Crippen LogP contribution < -0.4 is 5.32 Å². The van der Waals surface area contributed by atoms with Gasteiger partial charge in [-0.25, -0.2) is 0 Å². The Morgan fingerprint density at radius 1 is 0.857 bits per heavy atom. The zero-order valence-electron chi connectivity index (χ0n) is 18.9. The Labute approximate surface area is 206 Å². The molecule has 0 saturated heterocycles. The molecular weight excluding hydrogens is 466 g/mol. The van der Waals surface area contributed by atoms with E-state index in [0.29, 0.717) is 41.2 Å². The first-order chi connectivity index (χ1) is 17.1. The van der Waals surface area contributed by atoms with Gasteiger partial charge in [0.25, 0.3) is 11.8 Å². The smallest absolute Gasteiger partial charge is 0.306 e. The van der Waals surface area contributed by atoms with Crippen LogP contribution in [0.4, 0.5) is 0 Å². The Kier molecular flexibility index (Phi) is 6.42. The van der Waals surface area contributed by atoms with Gasteiger partial charge in [0, 0.05) is 57.6 Å². The average molecular weight is 490 g/mol. The predicted molar refractivity (Wildman–Crippen MR) is 136 cm³/mol. The first-order valence-electron chi connectivity index (χ1n) is 11.6. The van der Waals surface area contributed by atoms with E-state index in [0.717, 1.165) is 40.2 Å². The van der Waals surface area contributed by atoms with Crippen molar-refractivity contribution in [3.05, 3.63) is 71.5 Å². The number of halogens is 1. The second-order valence-corrected chi connectivity index (χ2v) is 8.82. The first kappa shape index (κ1) is 22.9. The normalized spacial score (nSPS) is 13.7. The summed E-state index contributed by atoms with van der Waals surface area (Å²) < 4.78 is 5.27. The lowest BCUT2D eigenvalue weighted by Gasteiger charge is -2.06. The van der Waals surface area contributed by atoms with Crippen LogP contribution in [0.5, 0.6) is 0 Å². The van der Waals surface area contributed by atoms with Crippen molar-refractivity contribution < 1.29 is 19.1 Å². The number of imide groups is 1. The number of esters is 1. The second kappa shape index (κ2) is 9.80. The Bertz CT molecular complexity index is 1480. The summed E-state index contributed by atoms with van der Waals surface area (Å²) in [6.07, 6.45) is 5.81. The number of aromatic amines is 2. The van der Waals surface area contributed by atoms with E-state index in [4.69, 9.17) is 16.3 Å². The molecule has 2 aromatic carbocycles. The number of amides is 2. The molecule has 0 saturated carbocycles. The van der Waals surface area contributed by atoms with Crippen molar-refractivity contribution in [2.45, 2.75) is 25.7 Å². The van der Waals surface area contributed by atoms with Crippen LogP contribution in [0.25, 0.3) is 33.0 Å². The van der Waals surface area contributed by atoms with Gasteiger partial charge in [0.1, 0.15) is 0 Å². The predicted octanol–water partition coefficient (Wildman–Crippen LogP) is 4.71. The van der Waals surface area contributed by atoms with Crippen LogP contribution in [-0.2, 0) is 25.5 Å². The molecular formula is C27H24ClN3O4. The molecule has 5 rings (SSSR count). The molecule has 2 aromatic heterocycles. The number of unbranched alkanes of at least 4 members (excludes halogenated alkanes) is 1. The Morgan fingerprint density at radius 2 is 1.57 bits per heavy atom. The van der Waals surface area contributed by atoms with Crippen LogP contribution in [-0.4, -0.2) is 40.2 Å². The van der Waals surface area contributed by atoms with Crippen LogP contribution in [0.1, 0.15) is 36.0 Å². The van der Waals surface area contributed by atoms with Gasteiger partial charge >= 0.3 is 5.97 Å². The number of benzene rings is 2. The quantitative estimate of drug-likeness (QED) is 0.137. The molecule has 8 heteroatoms. The van der Waals surface area contributed by atoms with E-state index in [-0.39, 0.29) is 12.4 Å². The van der Waals surface area contributed by atoms with E-state index in [1.165, 1.54) is 0 Å². The van der Waals surface area contributed by atoms with Crippen molar-refractivity contribution in [1.82, 2.24) is 15.3 Å². The molecule has 0 fully saturated rings. The SMILES string of the molecule is O=C(CCc1cccc2c(C3=C(c4c[nH]c5ccccc45)C(=O)NC3=O)c[nH]c12)OCCCCCl. The van der Waals surface area contributed by atoms with Crippen LogP contribution in [0, 0.1) is 0 Å². The van der Waals surface area contributed by atoms with Gasteiger partial charge in [-0.1, -0.05) is 36.4 Å². The van der Waals surface area contributed by atoms with Crippen molar-refractivity contribution >= 4 is 62.3 Å². The van der Waals surface area contributed by atoms with Crippen LogP contribution >= 0.6 is 11.6 Å². The summed E-state index contributed by atoms with van der Waals surface area (Å²) in [5.41, 5.74) is 4.66. The largest absolute Gasteiger partial charge is 0.466 e. The molecule has 0 unspecified atom stereocenters. The highest BCUT2D eigenvalue weighted by Crippen LogP contribution is 2.38. The third-order valence-corrected chi connectivity index (χ3v) is 6.52. The van der Waals surface area contributed by atoms with E-state index in [1.54, 1.807) is 12.4 Å². The Hall–Kier alpha value is -3.84. The molecule has 7 nitrogen and oxygen atoms in total. The zero-order chi connectivity index (χ0) is 24.4. The number of hydrogen-bond donors (Lipinski definition) is 3. The molecule has 4 aromatic rings. The fourth-order valence-corrected chi connectivity index (χ4v) is 4.76. The summed E-state index contributed by atoms with van der Waals surface area (Å²) in [5.74, 6) is -0.552. The molecule has 1 aliphatic heterocycles. The number of carbonyl (C=O) groups excluding carboxylic acids is 3. The van der Waals surface area contributed by atoms with Gasteiger partial charge in [-0.2, -0.15) is 0 Å². The molecule has 0 spiro atoms. The number of nitrogens with one attached hydrogen (secondary N) is 3. The number of alkyl halides is 1. The van der Waals surface area contributed by atoms with Crippen LogP contribution in [0.15, 0.2) is 54.9 Å². The molecule has 2 amide bonds. The van der Waals surface area contributed by atoms with Crippen molar-refractivity contribution in [3.8, 4) is 0 Å². The van der Waals surface area contributed by atoms with Gasteiger partial charge in [-0.15, -0.1) is 11.6 Å². The summed E-state index contributed by atoms with van der Waals surface area (Å²) in [5, 5.41) is 4.14. The second-order valence-electron chi connectivity index (χ2n) is 8.44. The molecule has 0 atom stereocenters. The molecule has 1 aliphatic rings. The van der Waals surface area contributed by atoms with Crippen molar-refractivity contribution in [3.63, 3.8) is 0 Å². The summed E-state index contributed by atoms with van der Waals surface area (Å²) in [7, 11) is 0. The number of fused-ring (bicyclic) bond motifs is 2. The summed E-state index contributed by atoms with van der Waals surface area (Å²) >= 11 is 5.65. The maximum atomic E-state index is 12.9. The van der Waals surface area contributed by atoms with E-state index in [2.05, 4.69) is 15.3 Å². The maximum Gasteiger partial charge on any atom is 0.306 e. The highest BCUT2D eigenvalue weighted by molar-refractivity contribution is 6.50. The summed E-state index contributed by atoms with van der Waals surface area (Å²) in [4.78, 5) is 44.4. The van der Waals surface area contributed by atoms with Gasteiger partial charge in [-0.05, 0) is 30.9 Å². The molecule has 0 bridgehead atoms. The highest BCUT2D eigenvalue weighted by Gasteiger charge is 2.34. The number of carbonyl (C=O) groups is 3. The van der Waals surface area contributed by atoms with Crippen molar-refractivity contribution in [2.75, 3.05) is 12.5 Å². The van der Waals surface area contributed by atoms with E-state index >= 15 is 0 Å². The molecule has 3 heterocycles. The fraction of sp³-hybridized carbons (Fsp3) is 0.222. The molecule has 0 radical (unpaired) electrons. The van der Waals surface area contributed by atoms with E-state index in [9.17, 15) is 14.4 Å². The summed E-state index contributed by atoms with van der Waals surface area (Å²) in [6.45, 7) is 0.371. The number of ether oxygens (including phenoxy) is 1. The maximum absolute atomic E-state index is 12.9. The number of H-pyrrole nitrogens is 2. The summed E-state index contributed by atoms with van der Waals surface area (Å²) in [6, 6.07) is 13.4. The van der Waals surface area contributed by atoms with Gasteiger partial charge in [0.05, 0.1) is 17.8 Å². The topological polar surface area (TPSA) is 104 Å². The molecule has 35 heavy (non-hydrogen) atoms.